The van der Waals surface area contributed by atoms with Crippen LogP contribution in [0.15, 0.2) is 12.3 Å². The molecule has 0 radical (unpaired) electrons. The van der Waals surface area contributed by atoms with Gasteiger partial charge >= 0.3 is 0 Å². The van der Waals surface area contributed by atoms with E-state index in [0.717, 1.165) is 18.5 Å². The highest BCUT2D eigenvalue weighted by atomic mass is 16.1. The topological polar surface area (TPSA) is 34.9 Å². The van der Waals surface area contributed by atoms with Crippen LogP contribution in [0.4, 0.5) is 0 Å². The largest absolute Gasteiger partial charge is 0.300 e. The molecular weight excluding hydrogens is 224 g/mol. The monoisotopic (exact) mass is 250 g/mol. The number of rotatable bonds is 6. The van der Waals surface area contributed by atoms with E-state index in [4.69, 9.17) is 0 Å². The predicted octanol–water partition coefficient (Wildman–Crippen LogP) is 3.38. The van der Waals surface area contributed by atoms with Crippen molar-refractivity contribution in [2.45, 2.75) is 53.4 Å². The number of Topliss-reactive ketones (excluding diaryl/α,β-unsaturated/α-hetero) is 1. The van der Waals surface area contributed by atoms with Gasteiger partial charge in [0.15, 0.2) is 0 Å². The molecule has 102 valence electrons. The van der Waals surface area contributed by atoms with Crippen molar-refractivity contribution in [3.63, 3.8) is 0 Å². The molecule has 1 aromatic rings. The van der Waals surface area contributed by atoms with Gasteiger partial charge in [0.2, 0.25) is 0 Å². The van der Waals surface area contributed by atoms with E-state index in [1.165, 1.54) is 0 Å². The van der Waals surface area contributed by atoms with Gasteiger partial charge in [-0.3, -0.25) is 9.48 Å². The van der Waals surface area contributed by atoms with Crippen molar-refractivity contribution in [3.05, 3.63) is 18.0 Å². The Morgan fingerprint density at radius 2 is 2.11 bits per heavy atom. The van der Waals surface area contributed by atoms with Gasteiger partial charge in [-0.2, -0.15) is 5.10 Å². The predicted molar refractivity (Wildman–Crippen MR) is 74.4 cm³/mol. The van der Waals surface area contributed by atoms with Crippen LogP contribution in [-0.4, -0.2) is 15.6 Å². The Kier molecular flexibility index (Phi) is 5.12. The van der Waals surface area contributed by atoms with E-state index in [1.807, 2.05) is 17.8 Å². The zero-order valence-electron chi connectivity index (χ0n) is 12.4. The lowest BCUT2D eigenvalue weighted by Gasteiger charge is -2.22. The molecule has 0 aliphatic carbocycles. The average Bonchev–Trinajstić information content (AvgIpc) is 2.57. The number of carbonyl (C=O) groups excluding carboxylic acids is 1. The summed E-state index contributed by atoms with van der Waals surface area (Å²) in [6, 6.07) is 1.98. The number of nitrogens with zero attached hydrogens (tertiary/aromatic N) is 2. The first-order chi connectivity index (χ1) is 8.28. The quantitative estimate of drug-likeness (QED) is 0.775. The maximum atomic E-state index is 11.9. The molecule has 3 heteroatoms. The van der Waals surface area contributed by atoms with Crippen LogP contribution in [0.3, 0.4) is 0 Å². The first-order valence-corrected chi connectivity index (χ1v) is 6.76. The van der Waals surface area contributed by atoms with E-state index in [2.05, 4.69) is 32.8 Å². The first kappa shape index (κ1) is 14.9. The van der Waals surface area contributed by atoms with Crippen molar-refractivity contribution in [2.24, 2.45) is 18.4 Å². The van der Waals surface area contributed by atoms with E-state index in [-0.39, 0.29) is 0 Å². The summed E-state index contributed by atoms with van der Waals surface area (Å²) in [6.45, 7) is 8.85. The van der Waals surface area contributed by atoms with Gasteiger partial charge in [-0.15, -0.1) is 0 Å². The third kappa shape index (κ3) is 5.48. The lowest BCUT2D eigenvalue weighted by atomic mass is 9.83. The summed E-state index contributed by atoms with van der Waals surface area (Å²) in [4.78, 5) is 11.9. The standard InChI is InChI=1S/C15H26N2O/c1-12(11-15(2,3)4)10-14(18)7-6-13-8-9-16-17(13)5/h8-9,12H,6-7,10-11H2,1-5H3. The highest BCUT2D eigenvalue weighted by molar-refractivity contribution is 5.78. The highest BCUT2D eigenvalue weighted by Gasteiger charge is 2.17. The van der Waals surface area contributed by atoms with E-state index in [9.17, 15) is 4.79 Å². The fourth-order valence-corrected chi connectivity index (χ4v) is 2.52. The van der Waals surface area contributed by atoms with Gasteiger partial charge in [-0.1, -0.05) is 27.7 Å². The Bertz CT molecular complexity index is 387. The number of ketones is 1. The highest BCUT2D eigenvalue weighted by Crippen LogP contribution is 2.26. The molecule has 0 bridgehead atoms. The normalized spacial score (nSPS) is 13.6. The second-order valence-electron chi connectivity index (χ2n) is 6.56. The molecule has 0 fully saturated rings. The Hall–Kier alpha value is -1.12. The molecular formula is C15H26N2O. The van der Waals surface area contributed by atoms with Crippen LogP contribution < -0.4 is 0 Å². The zero-order chi connectivity index (χ0) is 13.8. The minimum Gasteiger partial charge on any atom is -0.300 e. The zero-order valence-corrected chi connectivity index (χ0v) is 12.4. The molecule has 0 saturated heterocycles. The second-order valence-corrected chi connectivity index (χ2v) is 6.56. The SMILES string of the molecule is CC(CC(=O)CCc1ccnn1C)CC(C)(C)C. The third-order valence-electron chi connectivity index (χ3n) is 3.12. The van der Waals surface area contributed by atoms with E-state index in [0.29, 0.717) is 30.0 Å². The lowest BCUT2D eigenvalue weighted by molar-refractivity contribution is -0.120. The van der Waals surface area contributed by atoms with Gasteiger partial charge < -0.3 is 0 Å². The summed E-state index contributed by atoms with van der Waals surface area (Å²) >= 11 is 0. The summed E-state index contributed by atoms with van der Waals surface area (Å²) < 4.78 is 1.84. The van der Waals surface area contributed by atoms with Crippen molar-refractivity contribution < 1.29 is 4.79 Å². The summed E-state index contributed by atoms with van der Waals surface area (Å²) in [5.74, 6) is 0.844. The van der Waals surface area contributed by atoms with Crippen molar-refractivity contribution >= 4 is 5.78 Å². The molecule has 0 aromatic carbocycles. The fourth-order valence-electron chi connectivity index (χ4n) is 2.52. The number of aryl methyl sites for hydroxylation is 2. The van der Waals surface area contributed by atoms with Gasteiger partial charge in [-0.05, 0) is 30.2 Å². The Balaban J connectivity index is 2.32. The summed E-state index contributed by atoms with van der Waals surface area (Å²) in [5.41, 5.74) is 1.44. The molecule has 3 nitrogen and oxygen atoms in total. The smallest absolute Gasteiger partial charge is 0.133 e. The molecule has 18 heavy (non-hydrogen) atoms. The maximum absolute atomic E-state index is 11.9. The molecule has 1 rings (SSSR count). The Morgan fingerprint density at radius 3 is 2.61 bits per heavy atom. The van der Waals surface area contributed by atoms with Crippen LogP contribution in [-0.2, 0) is 18.3 Å². The van der Waals surface area contributed by atoms with Crippen molar-refractivity contribution in [3.8, 4) is 0 Å². The Labute approximate surface area is 111 Å². The van der Waals surface area contributed by atoms with Crippen LogP contribution >= 0.6 is 0 Å². The van der Waals surface area contributed by atoms with Gasteiger partial charge in [0.1, 0.15) is 5.78 Å². The van der Waals surface area contributed by atoms with Crippen molar-refractivity contribution in [1.29, 1.82) is 0 Å². The number of hydrogen-bond acceptors (Lipinski definition) is 2. The molecule has 1 aromatic heterocycles. The summed E-state index contributed by atoms with van der Waals surface area (Å²) in [6.07, 6.45) is 5.02. The molecule has 0 spiro atoms. The number of hydrogen-bond donors (Lipinski definition) is 0. The fraction of sp³-hybridized carbons (Fsp3) is 0.733. The minimum atomic E-state index is 0.307. The van der Waals surface area contributed by atoms with E-state index < -0.39 is 0 Å². The first-order valence-electron chi connectivity index (χ1n) is 6.76. The molecule has 0 saturated carbocycles. The van der Waals surface area contributed by atoms with Crippen molar-refractivity contribution in [2.75, 3.05) is 0 Å². The van der Waals surface area contributed by atoms with Gasteiger partial charge in [-0.25, -0.2) is 0 Å². The third-order valence-corrected chi connectivity index (χ3v) is 3.12. The van der Waals surface area contributed by atoms with E-state index >= 15 is 0 Å². The molecule has 0 aliphatic heterocycles. The summed E-state index contributed by atoms with van der Waals surface area (Å²) in [5, 5.41) is 4.11. The van der Waals surface area contributed by atoms with Crippen LogP contribution in [0.2, 0.25) is 0 Å². The second kappa shape index (κ2) is 6.17. The maximum Gasteiger partial charge on any atom is 0.133 e. The molecule has 1 heterocycles. The summed E-state index contributed by atoms with van der Waals surface area (Å²) in [7, 11) is 1.92. The van der Waals surface area contributed by atoms with Crippen LogP contribution in [0.5, 0.6) is 0 Å². The van der Waals surface area contributed by atoms with Crippen LogP contribution in [0.1, 0.15) is 52.7 Å². The molecule has 0 N–H and O–H groups in total. The van der Waals surface area contributed by atoms with Gasteiger partial charge in [0.05, 0.1) is 0 Å². The Morgan fingerprint density at radius 1 is 1.44 bits per heavy atom. The molecule has 0 amide bonds. The molecule has 0 aliphatic rings. The molecule has 1 atom stereocenters. The lowest BCUT2D eigenvalue weighted by Crippen LogP contribution is -2.14. The molecule has 1 unspecified atom stereocenters. The van der Waals surface area contributed by atoms with Crippen LogP contribution in [0, 0.1) is 11.3 Å². The average molecular weight is 250 g/mol. The van der Waals surface area contributed by atoms with Gasteiger partial charge in [0.25, 0.3) is 0 Å². The number of aromatic nitrogens is 2. The minimum absolute atomic E-state index is 0.307. The van der Waals surface area contributed by atoms with Crippen molar-refractivity contribution in [1.82, 2.24) is 9.78 Å². The number of carbonyl (C=O) groups is 1. The van der Waals surface area contributed by atoms with E-state index in [1.54, 1.807) is 6.20 Å². The van der Waals surface area contributed by atoms with Crippen LogP contribution in [0.25, 0.3) is 0 Å². The van der Waals surface area contributed by atoms with Gasteiger partial charge in [0, 0.05) is 31.8 Å².